The first kappa shape index (κ1) is 14.2. The lowest BCUT2D eigenvalue weighted by atomic mass is 9.96. The number of amides is 1. The third-order valence-corrected chi connectivity index (χ3v) is 9.06. The van der Waals surface area contributed by atoms with Crippen LogP contribution < -0.4 is 5.32 Å². The summed E-state index contributed by atoms with van der Waals surface area (Å²) in [5.41, 5.74) is 0. The third kappa shape index (κ3) is 2.68. The molecule has 1 fully saturated rings. The Morgan fingerprint density at radius 2 is 1.94 bits per heavy atom. The Bertz CT molecular complexity index is 288. The van der Waals surface area contributed by atoms with E-state index in [1.165, 1.54) is 0 Å². The van der Waals surface area contributed by atoms with Crippen molar-refractivity contribution in [1.29, 1.82) is 0 Å². The highest BCUT2D eigenvalue weighted by Crippen LogP contribution is 2.39. The van der Waals surface area contributed by atoms with E-state index in [0.717, 1.165) is 0 Å². The van der Waals surface area contributed by atoms with Crippen LogP contribution in [0.4, 0.5) is 0 Å². The molecule has 0 spiro atoms. The van der Waals surface area contributed by atoms with E-state index in [1.807, 2.05) is 6.92 Å². The van der Waals surface area contributed by atoms with Crippen LogP contribution in [0.15, 0.2) is 0 Å². The van der Waals surface area contributed by atoms with Crippen LogP contribution >= 0.6 is 15.9 Å². The Labute approximate surface area is 108 Å². The van der Waals surface area contributed by atoms with Crippen molar-refractivity contribution in [2.75, 3.05) is 0 Å². The minimum absolute atomic E-state index is 0.0148. The second-order valence-electron chi connectivity index (χ2n) is 6.02. The summed E-state index contributed by atoms with van der Waals surface area (Å²) in [4.78, 5) is 11.5. The number of alkyl halides is 1. The molecule has 0 radical (unpaired) electrons. The molecule has 3 nitrogen and oxygen atoms in total. The number of carbonyl (C=O) groups is 1. The molecule has 1 N–H and O–H groups in total. The van der Waals surface area contributed by atoms with Crippen molar-refractivity contribution in [3.8, 4) is 0 Å². The molecular weight excluding hydrogens is 286 g/mol. The molecular formula is C11H22BrNO2Si. The van der Waals surface area contributed by atoms with Crippen LogP contribution in [-0.2, 0) is 9.22 Å². The van der Waals surface area contributed by atoms with E-state index >= 15 is 0 Å². The molecule has 1 aliphatic rings. The largest absolute Gasteiger partial charge is 0.413 e. The van der Waals surface area contributed by atoms with Gasteiger partial charge in [0.25, 0.3) is 0 Å². The Morgan fingerprint density at radius 1 is 1.44 bits per heavy atom. The van der Waals surface area contributed by atoms with Gasteiger partial charge in [0.2, 0.25) is 5.91 Å². The molecule has 1 amide bonds. The predicted octanol–water partition coefficient (Wildman–Crippen LogP) is 2.86. The fraction of sp³-hybridized carbons (Fsp3) is 0.909. The average Bonchev–Trinajstić information content (AvgIpc) is 1.99. The molecule has 5 heteroatoms. The maximum absolute atomic E-state index is 11.4. The quantitative estimate of drug-likeness (QED) is 0.377. The van der Waals surface area contributed by atoms with Gasteiger partial charge in [0.05, 0.1) is 17.0 Å². The predicted molar refractivity (Wildman–Crippen MR) is 72.1 cm³/mol. The van der Waals surface area contributed by atoms with Crippen molar-refractivity contribution in [3.05, 3.63) is 0 Å². The Kier molecular flexibility index (Phi) is 3.92. The lowest BCUT2D eigenvalue weighted by molar-refractivity contribution is -0.136. The van der Waals surface area contributed by atoms with Gasteiger partial charge in [0, 0.05) is 0 Å². The van der Waals surface area contributed by atoms with Crippen LogP contribution in [0.3, 0.4) is 0 Å². The van der Waals surface area contributed by atoms with Crippen molar-refractivity contribution >= 4 is 30.2 Å². The third-order valence-electron chi connectivity index (χ3n) is 3.69. The first-order valence-corrected chi connectivity index (χ1v) is 9.51. The van der Waals surface area contributed by atoms with Crippen molar-refractivity contribution < 1.29 is 9.22 Å². The molecule has 0 aromatic carbocycles. The van der Waals surface area contributed by atoms with E-state index in [9.17, 15) is 4.79 Å². The van der Waals surface area contributed by atoms with E-state index in [-0.39, 0.29) is 27.9 Å². The van der Waals surface area contributed by atoms with E-state index < -0.39 is 8.32 Å². The van der Waals surface area contributed by atoms with Crippen molar-refractivity contribution in [1.82, 2.24) is 5.32 Å². The number of nitrogens with one attached hydrogen (secondary N) is 1. The summed E-state index contributed by atoms with van der Waals surface area (Å²) in [6.45, 7) is 13.0. The van der Waals surface area contributed by atoms with Crippen LogP contribution in [0, 0.1) is 5.92 Å². The first-order valence-electron chi connectivity index (χ1n) is 5.68. The standard InChI is InChI=1S/C11H22BrNO2Si/c1-7(8-9(12)13-10(8)14)15-16(5,6)11(2,3)4/h7-9H,1-6H3,(H,13,14). The van der Waals surface area contributed by atoms with Gasteiger partial charge in [-0.1, -0.05) is 36.7 Å². The van der Waals surface area contributed by atoms with E-state index in [4.69, 9.17) is 4.43 Å². The summed E-state index contributed by atoms with van der Waals surface area (Å²) < 4.78 is 6.20. The van der Waals surface area contributed by atoms with Gasteiger partial charge in [-0.2, -0.15) is 0 Å². The number of hydrogen-bond acceptors (Lipinski definition) is 2. The lowest BCUT2D eigenvalue weighted by Crippen LogP contribution is -2.61. The van der Waals surface area contributed by atoms with Gasteiger partial charge >= 0.3 is 0 Å². The molecule has 16 heavy (non-hydrogen) atoms. The maximum Gasteiger partial charge on any atom is 0.229 e. The summed E-state index contributed by atoms with van der Waals surface area (Å²) in [5, 5.41) is 2.96. The SMILES string of the molecule is CC(O[Si](C)(C)C(C)(C)C)C1C(=O)NC1Br. The highest BCUT2D eigenvalue weighted by molar-refractivity contribution is 9.09. The second-order valence-corrected chi connectivity index (χ2v) is 11.8. The number of carbonyl (C=O) groups excluding carboxylic acids is 1. The van der Waals surface area contributed by atoms with E-state index in [2.05, 4.69) is 55.1 Å². The van der Waals surface area contributed by atoms with Gasteiger partial charge in [-0.05, 0) is 25.1 Å². The van der Waals surface area contributed by atoms with Gasteiger partial charge < -0.3 is 9.74 Å². The fourth-order valence-electron chi connectivity index (χ4n) is 1.52. The number of halogens is 1. The number of hydrogen-bond donors (Lipinski definition) is 1. The van der Waals surface area contributed by atoms with Crippen LogP contribution in [-0.4, -0.2) is 25.3 Å². The van der Waals surface area contributed by atoms with E-state index in [1.54, 1.807) is 0 Å². The Balaban J connectivity index is 2.64. The van der Waals surface area contributed by atoms with Crippen LogP contribution in [0.1, 0.15) is 27.7 Å². The molecule has 3 atom stereocenters. The van der Waals surface area contributed by atoms with Crippen molar-refractivity contribution in [3.63, 3.8) is 0 Å². The molecule has 0 saturated carbocycles. The molecule has 0 aromatic heterocycles. The van der Waals surface area contributed by atoms with Crippen LogP contribution in [0.2, 0.25) is 18.1 Å². The number of β-lactam (4-membered cyclic amide) rings is 1. The van der Waals surface area contributed by atoms with Crippen LogP contribution in [0.25, 0.3) is 0 Å². The molecule has 94 valence electrons. The summed E-state index contributed by atoms with van der Waals surface area (Å²) >= 11 is 3.43. The highest BCUT2D eigenvalue weighted by Gasteiger charge is 2.46. The zero-order chi connectivity index (χ0) is 12.7. The molecule has 0 aromatic rings. The average molecular weight is 308 g/mol. The summed E-state index contributed by atoms with van der Waals surface area (Å²) in [6.07, 6.45) is -0.0148. The first-order chi connectivity index (χ1) is 7.06. The zero-order valence-electron chi connectivity index (χ0n) is 10.9. The van der Waals surface area contributed by atoms with Gasteiger partial charge in [0.15, 0.2) is 8.32 Å². The molecule has 0 aliphatic carbocycles. The summed E-state index contributed by atoms with van der Waals surface area (Å²) in [7, 11) is -1.77. The Hall–Kier alpha value is 0.127. The van der Waals surface area contributed by atoms with Crippen molar-refractivity contribution in [2.24, 2.45) is 5.92 Å². The summed E-state index contributed by atoms with van der Waals surface area (Å²) in [5.74, 6) is 0.0437. The minimum atomic E-state index is -1.77. The van der Waals surface area contributed by atoms with Gasteiger partial charge in [-0.25, -0.2) is 0 Å². The monoisotopic (exact) mass is 307 g/mol. The Morgan fingerprint density at radius 3 is 2.25 bits per heavy atom. The molecule has 0 bridgehead atoms. The second kappa shape index (κ2) is 4.42. The topological polar surface area (TPSA) is 38.3 Å². The fourth-order valence-corrected chi connectivity index (χ4v) is 3.85. The molecule has 1 saturated heterocycles. The summed E-state index contributed by atoms with van der Waals surface area (Å²) in [6, 6.07) is 0. The normalized spacial score (nSPS) is 28.3. The van der Waals surface area contributed by atoms with Gasteiger partial charge in [-0.15, -0.1) is 0 Å². The van der Waals surface area contributed by atoms with E-state index in [0.29, 0.717) is 0 Å². The maximum atomic E-state index is 11.4. The van der Waals surface area contributed by atoms with Crippen molar-refractivity contribution in [2.45, 2.75) is 56.9 Å². The van der Waals surface area contributed by atoms with Gasteiger partial charge in [-0.3, -0.25) is 4.79 Å². The molecule has 1 rings (SSSR count). The molecule has 1 heterocycles. The number of rotatable bonds is 3. The smallest absolute Gasteiger partial charge is 0.229 e. The van der Waals surface area contributed by atoms with Crippen LogP contribution in [0.5, 0.6) is 0 Å². The molecule has 1 aliphatic heterocycles. The zero-order valence-corrected chi connectivity index (χ0v) is 13.5. The lowest BCUT2D eigenvalue weighted by Gasteiger charge is -2.43. The highest BCUT2D eigenvalue weighted by atomic mass is 79.9. The minimum Gasteiger partial charge on any atom is -0.413 e. The van der Waals surface area contributed by atoms with Gasteiger partial charge in [0.1, 0.15) is 0 Å². The molecule has 3 unspecified atom stereocenters.